The number of rotatable bonds is 4. The van der Waals surface area contributed by atoms with Gasteiger partial charge in [0, 0.05) is 24.7 Å². The summed E-state index contributed by atoms with van der Waals surface area (Å²) in [6.07, 6.45) is -3.24. The minimum atomic E-state index is -4.11. The number of fused-ring (bicyclic) bond motifs is 1. The van der Waals surface area contributed by atoms with Crippen molar-refractivity contribution in [2.45, 2.75) is 19.1 Å². The van der Waals surface area contributed by atoms with Crippen LogP contribution in [-0.2, 0) is 6.54 Å². The third-order valence-electron chi connectivity index (χ3n) is 2.62. The smallest absolute Gasteiger partial charge is 0.312 e. The lowest BCUT2D eigenvalue weighted by Crippen LogP contribution is -2.21. The average Bonchev–Trinajstić information content (AvgIpc) is 2.33. The van der Waals surface area contributed by atoms with Gasteiger partial charge >= 0.3 is 6.18 Å². The highest BCUT2D eigenvalue weighted by Crippen LogP contribution is 2.19. The van der Waals surface area contributed by atoms with Crippen LogP contribution in [0.25, 0.3) is 10.9 Å². The molecular weight excluding hydrogens is 241 g/mol. The zero-order valence-electron chi connectivity index (χ0n) is 9.67. The zero-order valence-corrected chi connectivity index (χ0v) is 9.67. The predicted molar refractivity (Wildman–Crippen MR) is 64.1 cm³/mol. The van der Waals surface area contributed by atoms with Crippen molar-refractivity contribution in [2.24, 2.45) is 0 Å². The van der Waals surface area contributed by atoms with Crippen molar-refractivity contribution in [1.29, 1.82) is 0 Å². The van der Waals surface area contributed by atoms with E-state index >= 15 is 0 Å². The van der Waals surface area contributed by atoms with Gasteiger partial charge in [-0.1, -0.05) is 24.3 Å². The van der Waals surface area contributed by atoms with Gasteiger partial charge in [-0.2, -0.15) is 13.2 Å². The van der Waals surface area contributed by atoms with E-state index in [1.807, 2.05) is 30.3 Å². The van der Waals surface area contributed by atoms with E-state index in [0.717, 1.165) is 16.5 Å². The molecule has 0 aliphatic rings. The molecule has 0 fully saturated rings. The molecule has 5 heteroatoms. The van der Waals surface area contributed by atoms with Crippen molar-refractivity contribution in [2.75, 3.05) is 6.54 Å². The molecule has 0 aliphatic carbocycles. The minimum absolute atomic E-state index is 0.0767. The summed E-state index contributed by atoms with van der Waals surface area (Å²) in [5.41, 5.74) is 1.75. The quantitative estimate of drug-likeness (QED) is 0.847. The van der Waals surface area contributed by atoms with E-state index in [0.29, 0.717) is 6.54 Å². The molecule has 1 aromatic carbocycles. The molecular formula is C13H13F3N2. The molecule has 2 aromatic rings. The maximum Gasteiger partial charge on any atom is 0.390 e. The second-order valence-electron chi connectivity index (χ2n) is 4.03. The molecule has 2 rings (SSSR count). The van der Waals surface area contributed by atoms with Crippen molar-refractivity contribution in [1.82, 2.24) is 10.3 Å². The van der Waals surface area contributed by atoms with Gasteiger partial charge in [-0.05, 0) is 11.6 Å². The standard InChI is InChI=1S/C13H13F3N2/c14-13(15,16)6-8-17-9-11-4-1-3-10-5-2-7-18-12(10)11/h1-5,7,17H,6,8-9H2. The van der Waals surface area contributed by atoms with Crippen LogP contribution in [-0.4, -0.2) is 17.7 Å². The molecule has 1 heterocycles. The fraction of sp³-hybridized carbons (Fsp3) is 0.308. The fourth-order valence-electron chi connectivity index (χ4n) is 1.76. The lowest BCUT2D eigenvalue weighted by atomic mass is 10.1. The van der Waals surface area contributed by atoms with Crippen molar-refractivity contribution >= 4 is 10.9 Å². The first-order chi connectivity index (χ1) is 8.56. The van der Waals surface area contributed by atoms with Crippen molar-refractivity contribution < 1.29 is 13.2 Å². The number of para-hydroxylation sites is 1. The van der Waals surface area contributed by atoms with Crippen LogP contribution in [0.3, 0.4) is 0 Å². The molecule has 1 N–H and O–H groups in total. The van der Waals surface area contributed by atoms with Gasteiger partial charge in [0.1, 0.15) is 0 Å². The van der Waals surface area contributed by atoms with E-state index in [1.54, 1.807) is 6.20 Å². The molecule has 0 spiro atoms. The van der Waals surface area contributed by atoms with Crippen LogP contribution >= 0.6 is 0 Å². The van der Waals surface area contributed by atoms with Crippen LogP contribution in [0.5, 0.6) is 0 Å². The SMILES string of the molecule is FC(F)(F)CCNCc1cccc2cccnc12. The van der Waals surface area contributed by atoms with Crippen molar-refractivity contribution in [3.05, 3.63) is 42.1 Å². The highest BCUT2D eigenvalue weighted by Gasteiger charge is 2.25. The summed E-state index contributed by atoms with van der Waals surface area (Å²) in [6.45, 7) is 0.317. The Morgan fingerprint density at radius 2 is 1.89 bits per heavy atom. The third-order valence-corrected chi connectivity index (χ3v) is 2.62. The van der Waals surface area contributed by atoms with Gasteiger partial charge in [0.15, 0.2) is 0 Å². The van der Waals surface area contributed by atoms with Crippen molar-refractivity contribution in [3.8, 4) is 0 Å². The maximum absolute atomic E-state index is 12.0. The molecule has 0 amide bonds. The van der Waals surface area contributed by atoms with E-state index in [1.165, 1.54) is 0 Å². The Kier molecular flexibility index (Phi) is 3.81. The first-order valence-electron chi connectivity index (χ1n) is 5.66. The molecule has 0 unspecified atom stereocenters. The second-order valence-corrected chi connectivity index (χ2v) is 4.03. The lowest BCUT2D eigenvalue weighted by Gasteiger charge is -2.09. The molecule has 2 nitrogen and oxygen atoms in total. The number of nitrogens with one attached hydrogen (secondary N) is 1. The largest absolute Gasteiger partial charge is 0.390 e. The molecule has 0 radical (unpaired) electrons. The van der Waals surface area contributed by atoms with E-state index in [-0.39, 0.29) is 6.54 Å². The Hall–Kier alpha value is -1.62. The molecule has 0 saturated carbocycles. The molecule has 0 saturated heterocycles. The van der Waals surface area contributed by atoms with Crippen LogP contribution in [0.1, 0.15) is 12.0 Å². The Balaban J connectivity index is 2.00. The van der Waals surface area contributed by atoms with E-state index in [4.69, 9.17) is 0 Å². The van der Waals surface area contributed by atoms with Crippen LogP contribution < -0.4 is 5.32 Å². The molecule has 1 aromatic heterocycles. The maximum atomic E-state index is 12.0. The second kappa shape index (κ2) is 5.35. The summed E-state index contributed by atoms with van der Waals surface area (Å²) in [5, 5.41) is 3.78. The molecule has 96 valence electrons. The topological polar surface area (TPSA) is 24.9 Å². The van der Waals surface area contributed by atoms with Crippen LogP contribution in [0, 0.1) is 0 Å². The zero-order chi connectivity index (χ0) is 13.0. The Bertz CT molecular complexity index is 518. The van der Waals surface area contributed by atoms with Gasteiger partial charge in [-0.25, -0.2) is 0 Å². The molecule has 18 heavy (non-hydrogen) atoms. The highest BCUT2D eigenvalue weighted by molar-refractivity contribution is 5.81. The molecule has 0 aliphatic heterocycles. The van der Waals surface area contributed by atoms with E-state index < -0.39 is 12.6 Å². The number of hydrogen-bond donors (Lipinski definition) is 1. The monoisotopic (exact) mass is 254 g/mol. The van der Waals surface area contributed by atoms with E-state index in [2.05, 4.69) is 10.3 Å². The number of nitrogens with zero attached hydrogens (tertiary/aromatic N) is 1. The van der Waals surface area contributed by atoms with Gasteiger partial charge in [0.05, 0.1) is 11.9 Å². The Morgan fingerprint density at radius 1 is 1.11 bits per heavy atom. The lowest BCUT2D eigenvalue weighted by molar-refractivity contribution is -0.133. The first-order valence-corrected chi connectivity index (χ1v) is 5.66. The summed E-state index contributed by atoms with van der Waals surface area (Å²) < 4.78 is 35.9. The minimum Gasteiger partial charge on any atom is -0.312 e. The number of pyridine rings is 1. The van der Waals surface area contributed by atoms with Crippen LogP contribution in [0.15, 0.2) is 36.5 Å². The first kappa shape index (κ1) is 12.8. The molecule has 0 bridgehead atoms. The number of aromatic nitrogens is 1. The normalized spacial score (nSPS) is 11.9. The van der Waals surface area contributed by atoms with Gasteiger partial charge in [-0.3, -0.25) is 4.98 Å². The van der Waals surface area contributed by atoms with Gasteiger partial charge < -0.3 is 5.32 Å². The predicted octanol–water partition coefficient (Wildman–Crippen LogP) is 3.28. The number of alkyl halides is 3. The van der Waals surface area contributed by atoms with Gasteiger partial charge in [0.2, 0.25) is 0 Å². The summed E-state index contributed by atoms with van der Waals surface area (Å²) in [5.74, 6) is 0. The summed E-state index contributed by atoms with van der Waals surface area (Å²) >= 11 is 0. The van der Waals surface area contributed by atoms with Crippen LogP contribution in [0.4, 0.5) is 13.2 Å². The van der Waals surface area contributed by atoms with Crippen LogP contribution in [0.2, 0.25) is 0 Å². The average molecular weight is 254 g/mol. The molecule has 0 atom stereocenters. The summed E-state index contributed by atoms with van der Waals surface area (Å²) in [4.78, 5) is 4.25. The third kappa shape index (κ3) is 3.43. The number of benzene rings is 1. The Labute approximate surface area is 103 Å². The number of hydrogen-bond acceptors (Lipinski definition) is 2. The van der Waals surface area contributed by atoms with Gasteiger partial charge in [0.25, 0.3) is 0 Å². The summed E-state index contributed by atoms with van der Waals surface area (Å²) in [6, 6.07) is 9.45. The fourth-order valence-corrected chi connectivity index (χ4v) is 1.76. The van der Waals surface area contributed by atoms with Crippen molar-refractivity contribution in [3.63, 3.8) is 0 Å². The highest BCUT2D eigenvalue weighted by atomic mass is 19.4. The van der Waals surface area contributed by atoms with Gasteiger partial charge in [-0.15, -0.1) is 0 Å². The number of halogens is 3. The summed E-state index contributed by atoms with van der Waals surface area (Å²) in [7, 11) is 0. The van der Waals surface area contributed by atoms with E-state index in [9.17, 15) is 13.2 Å². The Morgan fingerprint density at radius 3 is 2.67 bits per heavy atom.